The molecule has 0 unspecified atom stereocenters. The zero-order valence-electron chi connectivity index (χ0n) is 6.09. The summed E-state index contributed by atoms with van der Waals surface area (Å²) in [5, 5.41) is 3.39. The summed E-state index contributed by atoms with van der Waals surface area (Å²) in [5.41, 5.74) is 0. The van der Waals surface area contributed by atoms with Crippen LogP contribution in [-0.2, 0) is 11.2 Å². The fourth-order valence-corrected chi connectivity index (χ4v) is 0.663. The van der Waals surface area contributed by atoms with E-state index in [-0.39, 0.29) is 5.78 Å². The fraction of sp³-hybridized carbons (Fsp3) is 0.500. The van der Waals surface area contributed by atoms with Crippen LogP contribution in [0.3, 0.4) is 0 Å². The molecular weight excluding hydrogens is 148 g/mol. The summed E-state index contributed by atoms with van der Waals surface area (Å²) in [4.78, 5) is 23.2. The van der Waals surface area contributed by atoms with Crippen molar-refractivity contribution in [3.05, 3.63) is 16.4 Å². The van der Waals surface area contributed by atoms with E-state index in [1.165, 1.54) is 6.92 Å². The summed E-state index contributed by atoms with van der Waals surface area (Å²) in [6.07, 6.45) is 0.809. The lowest BCUT2D eigenvalue weighted by Crippen LogP contribution is -1.99. The van der Waals surface area contributed by atoms with Crippen molar-refractivity contribution in [1.29, 1.82) is 0 Å². The van der Waals surface area contributed by atoms with Gasteiger partial charge in [-0.1, -0.05) is 5.16 Å². The van der Waals surface area contributed by atoms with Crippen LogP contribution in [0.1, 0.15) is 19.2 Å². The average molecular weight is 156 g/mol. The van der Waals surface area contributed by atoms with Crippen molar-refractivity contribution in [2.24, 2.45) is 0 Å². The molecule has 0 aliphatic heterocycles. The molecule has 0 fully saturated rings. The highest BCUT2D eigenvalue weighted by atomic mass is 16.5. The molecule has 0 aliphatic rings. The van der Waals surface area contributed by atoms with Gasteiger partial charge in [0, 0.05) is 12.8 Å². The number of aromatic nitrogens is 2. The number of ketones is 1. The van der Waals surface area contributed by atoms with E-state index >= 15 is 0 Å². The van der Waals surface area contributed by atoms with E-state index in [1.807, 2.05) is 0 Å². The van der Waals surface area contributed by atoms with E-state index in [4.69, 9.17) is 0 Å². The molecule has 5 nitrogen and oxygen atoms in total. The van der Waals surface area contributed by atoms with Gasteiger partial charge in [-0.2, -0.15) is 0 Å². The van der Waals surface area contributed by atoms with Crippen molar-refractivity contribution in [3.8, 4) is 0 Å². The first-order valence-corrected chi connectivity index (χ1v) is 3.23. The van der Waals surface area contributed by atoms with Crippen molar-refractivity contribution < 1.29 is 9.32 Å². The van der Waals surface area contributed by atoms with Gasteiger partial charge in [-0.25, -0.2) is 4.79 Å². The predicted molar refractivity (Wildman–Crippen MR) is 36.1 cm³/mol. The van der Waals surface area contributed by atoms with Crippen LogP contribution in [0.15, 0.2) is 9.32 Å². The number of nitrogens with zero attached hydrogens (tertiary/aromatic N) is 1. The zero-order chi connectivity index (χ0) is 8.27. The molecule has 11 heavy (non-hydrogen) atoms. The summed E-state index contributed by atoms with van der Waals surface area (Å²) in [7, 11) is 0. The lowest BCUT2D eigenvalue weighted by molar-refractivity contribution is -0.117. The van der Waals surface area contributed by atoms with E-state index in [0.29, 0.717) is 18.7 Å². The minimum Gasteiger partial charge on any atom is -0.300 e. The van der Waals surface area contributed by atoms with Gasteiger partial charge in [-0.15, -0.1) is 0 Å². The first-order chi connectivity index (χ1) is 5.18. The number of Topliss-reactive ketones (excluding diaryl/α,β-unsaturated/α-hetero) is 1. The third-order valence-corrected chi connectivity index (χ3v) is 1.20. The van der Waals surface area contributed by atoms with Crippen LogP contribution in [0.2, 0.25) is 0 Å². The molecule has 0 radical (unpaired) electrons. The van der Waals surface area contributed by atoms with Gasteiger partial charge in [0.15, 0.2) is 5.82 Å². The van der Waals surface area contributed by atoms with Gasteiger partial charge in [0.25, 0.3) is 0 Å². The number of hydrogen-bond acceptors (Lipinski definition) is 4. The van der Waals surface area contributed by atoms with E-state index < -0.39 is 5.76 Å². The number of rotatable bonds is 3. The average Bonchev–Trinajstić information content (AvgIpc) is 2.31. The van der Waals surface area contributed by atoms with Crippen LogP contribution in [0, 0.1) is 0 Å². The van der Waals surface area contributed by atoms with E-state index in [2.05, 4.69) is 14.7 Å². The van der Waals surface area contributed by atoms with Gasteiger partial charge in [0.2, 0.25) is 0 Å². The molecule has 0 spiro atoms. The topological polar surface area (TPSA) is 76.0 Å². The number of nitrogens with one attached hydrogen (secondary N) is 1. The minimum absolute atomic E-state index is 0.0637. The molecule has 1 aromatic rings. The van der Waals surface area contributed by atoms with Crippen LogP contribution >= 0.6 is 0 Å². The first kappa shape index (κ1) is 7.71. The second-order valence-electron chi connectivity index (χ2n) is 2.24. The number of aryl methyl sites for hydroxylation is 1. The molecule has 0 amide bonds. The fourth-order valence-electron chi connectivity index (χ4n) is 0.663. The third-order valence-electron chi connectivity index (χ3n) is 1.20. The largest absolute Gasteiger partial charge is 0.438 e. The summed E-state index contributed by atoms with van der Waals surface area (Å²) >= 11 is 0. The van der Waals surface area contributed by atoms with Crippen LogP contribution in [0.5, 0.6) is 0 Å². The quantitative estimate of drug-likeness (QED) is 0.662. The Morgan fingerprint density at radius 2 is 2.45 bits per heavy atom. The van der Waals surface area contributed by atoms with Crippen molar-refractivity contribution >= 4 is 5.78 Å². The zero-order valence-corrected chi connectivity index (χ0v) is 6.09. The molecule has 0 aromatic carbocycles. The van der Waals surface area contributed by atoms with Gasteiger partial charge < -0.3 is 4.79 Å². The Labute approximate surface area is 62.4 Å². The van der Waals surface area contributed by atoms with Gasteiger partial charge in [-0.05, 0) is 6.92 Å². The summed E-state index contributed by atoms with van der Waals surface area (Å²) in [5.74, 6) is -0.0948. The number of hydrogen-bond donors (Lipinski definition) is 1. The molecule has 0 saturated carbocycles. The Kier molecular flexibility index (Phi) is 2.20. The molecule has 1 aromatic heterocycles. The monoisotopic (exact) mass is 156 g/mol. The molecule has 1 N–H and O–H groups in total. The summed E-state index contributed by atoms with van der Waals surface area (Å²) < 4.78 is 4.22. The van der Waals surface area contributed by atoms with Crippen LogP contribution in [-0.4, -0.2) is 15.9 Å². The molecule has 0 bridgehead atoms. The Bertz CT molecular complexity index is 299. The normalized spacial score (nSPS) is 9.91. The SMILES string of the molecule is CC(=O)CCc1noc(=O)[nH]1. The second kappa shape index (κ2) is 3.14. The van der Waals surface area contributed by atoms with Gasteiger partial charge in [0.1, 0.15) is 5.78 Å². The standard InChI is InChI=1S/C6H8N2O3/c1-4(9)2-3-5-7-6(10)11-8-5/h2-3H2,1H3,(H,7,8,10). The Balaban J connectivity index is 2.51. The van der Waals surface area contributed by atoms with Gasteiger partial charge >= 0.3 is 5.76 Å². The molecule has 1 heterocycles. The Morgan fingerprint density at radius 3 is 2.91 bits per heavy atom. The molecular formula is C6H8N2O3. The number of carbonyl (C=O) groups excluding carboxylic acids is 1. The van der Waals surface area contributed by atoms with Crippen molar-refractivity contribution in [1.82, 2.24) is 10.1 Å². The maximum Gasteiger partial charge on any atom is 0.438 e. The van der Waals surface area contributed by atoms with E-state index in [1.54, 1.807) is 0 Å². The Morgan fingerprint density at radius 1 is 1.73 bits per heavy atom. The smallest absolute Gasteiger partial charge is 0.300 e. The lowest BCUT2D eigenvalue weighted by atomic mass is 10.2. The van der Waals surface area contributed by atoms with Crippen LogP contribution < -0.4 is 5.76 Å². The first-order valence-electron chi connectivity index (χ1n) is 3.23. The molecule has 0 saturated heterocycles. The minimum atomic E-state index is -0.580. The molecule has 0 aliphatic carbocycles. The maximum atomic E-state index is 10.5. The third kappa shape index (κ3) is 2.37. The second-order valence-corrected chi connectivity index (χ2v) is 2.24. The van der Waals surface area contributed by atoms with Gasteiger partial charge in [0.05, 0.1) is 0 Å². The highest BCUT2D eigenvalue weighted by molar-refractivity contribution is 5.75. The van der Waals surface area contributed by atoms with Crippen LogP contribution in [0.4, 0.5) is 0 Å². The number of aromatic amines is 1. The lowest BCUT2D eigenvalue weighted by Gasteiger charge is -1.87. The van der Waals surface area contributed by atoms with Gasteiger partial charge in [-0.3, -0.25) is 9.51 Å². The van der Waals surface area contributed by atoms with Crippen molar-refractivity contribution in [2.45, 2.75) is 19.8 Å². The van der Waals surface area contributed by atoms with Crippen molar-refractivity contribution in [3.63, 3.8) is 0 Å². The van der Waals surface area contributed by atoms with Crippen LogP contribution in [0.25, 0.3) is 0 Å². The summed E-state index contributed by atoms with van der Waals surface area (Å²) in [6.45, 7) is 1.48. The molecule has 0 atom stereocenters. The highest BCUT2D eigenvalue weighted by Crippen LogP contribution is 1.92. The van der Waals surface area contributed by atoms with Crippen molar-refractivity contribution in [2.75, 3.05) is 0 Å². The Hall–Kier alpha value is -1.39. The molecule has 1 rings (SSSR count). The highest BCUT2D eigenvalue weighted by Gasteiger charge is 2.01. The molecule has 60 valence electrons. The number of H-pyrrole nitrogens is 1. The summed E-state index contributed by atoms with van der Waals surface area (Å²) in [6, 6.07) is 0. The van der Waals surface area contributed by atoms with E-state index in [0.717, 1.165) is 0 Å². The van der Waals surface area contributed by atoms with E-state index in [9.17, 15) is 9.59 Å². The predicted octanol–water partition coefficient (Wildman–Crippen LogP) is -0.115. The molecule has 5 heteroatoms. The maximum absolute atomic E-state index is 10.5. The number of carbonyl (C=O) groups is 1.